The minimum atomic E-state index is -0.528. The molecule has 0 aliphatic heterocycles. The number of amides is 2. The Labute approximate surface area is 161 Å². The van der Waals surface area contributed by atoms with Gasteiger partial charge in [-0.3, -0.25) is 25.0 Å². The Bertz CT molecular complexity index is 1070. The molecule has 0 radical (unpaired) electrons. The number of oxazole rings is 1. The zero-order valence-corrected chi connectivity index (χ0v) is 15.7. The van der Waals surface area contributed by atoms with Crippen LogP contribution < -0.4 is 21.3 Å². The first-order valence-corrected chi connectivity index (χ1v) is 8.80. The minimum Gasteiger partial charge on any atom is -0.483 e. The fourth-order valence-corrected chi connectivity index (χ4v) is 2.68. The molecule has 3 rings (SSSR count). The van der Waals surface area contributed by atoms with Gasteiger partial charge in [-0.05, 0) is 43.2 Å². The maximum Gasteiger partial charge on any atom is 0.419 e. The van der Waals surface area contributed by atoms with Crippen molar-refractivity contribution in [2.45, 2.75) is 26.8 Å². The Balaban J connectivity index is 1.46. The topological polar surface area (TPSA) is 103 Å². The van der Waals surface area contributed by atoms with E-state index in [9.17, 15) is 14.4 Å². The lowest BCUT2D eigenvalue weighted by Crippen LogP contribution is -2.44. The van der Waals surface area contributed by atoms with E-state index in [1.807, 2.05) is 32.0 Å². The first-order valence-electron chi connectivity index (χ1n) is 8.80. The number of rotatable bonds is 6. The average molecular weight is 383 g/mol. The molecule has 0 aliphatic rings. The number of hydrazine groups is 1. The molecule has 1 heterocycles. The van der Waals surface area contributed by atoms with Crippen LogP contribution in [0, 0.1) is 13.8 Å². The molecule has 2 N–H and O–H groups in total. The van der Waals surface area contributed by atoms with Crippen LogP contribution in [0.3, 0.4) is 0 Å². The predicted octanol–water partition coefficient (Wildman–Crippen LogP) is 1.83. The molecule has 28 heavy (non-hydrogen) atoms. The van der Waals surface area contributed by atoms with Crippen LogP contribution in [0.5, 0.6) is 5.75 Å². The number of ether oxygens (including phenoxy) is 1. The molecule has 146 valence electrons. The fourth-order valence-electron chi connectivity index (χ4n) is 2.68. The van der Waals surface area contributed by atoms with Crippen molar-refractivity contribution in [3.63, 3.8) is 0 Å². The third-order valence-electron chi connectivity index (χ3n) is 4.18. The number of aromatic nitrogens is 1. The third kappa shape index (κ3) is 4.59. The van der Waals surface area contributed by atoms with E-state index in [1.54, 1.807) is 24.3 Å². The van der Waals surface area contributed by atoms with E-state index >= 15 is 0 Å². The number of fused-ring (bicyclic) bond motifs is 1. The number of benzene rings is 2. The summed E-state index contributed by atoms with van der Waals surface area (Å²) in [6, 6.07) is 12.7. The molecule has 1 aromatic heterocycles. The molecular weight excluding hydrogens is 362 g/mol. The van der Waals surface area contributed by atoms with E-state index in [0.717, 1.165) is 11.1 Å². The molecule has 0 spiro atoms. The van der Waals surface area contributed by atoms with Crippen molar-refractivity contribution in [3.05, 3.63) is 64.1 Å². The number of aryl methyl sites for hydroxylation is 3. The Morgan fingerprint density at radius 1 is 1.07 bits per heavy atom. The lowest BCUT2D eigenvalue weighted by molar-refractivity contribution is -0.130. The molecule has 0 bridgehead atoms. The van der Waals surface area contributed by atoms with Crippen molar-refractivity contribution in [3.8, 4) is 5.75 Å². The fraction of sp³-hybridized carbons (Fsp3) is 0.250. The molecule has 3 aromatic rings. The maximum absolute atomic E-state index is 12.0. The second-order valence-corrected chi connectivity index (χ2v) is 6.39. The number of carbonyl (C=O) groups excluding carboxylic acids is 2. The highest BCUT2D eigenvalue weighted by atomic mass is 16.5. The van der Waals surface area contributed by atoms with Gasteiger partial charge in [0, 0.05) is 13.0 Å². The normalized spacial score (nSPS) is 10.6. The number of hydrogen-bond donors (Lipinski definition) is 2. The number of nitrogens with zero attached hydrogens (tertiary/aromatic N) is 1. The highest BCUT2D eigenvalue weighted by Crippen LogP contribution is 2.18. The van der Waals surface area contributed by atoms with Crippen LogP contribution in [-0.4, -0.2) is 23.0 Å². The average Bonchev–Trinajstić information content (AvgIpc) is 3.00. The zero-order chi connectivity index (χ0) is 20.1. The van der Waals surface area contributed by atoms with Gasteiger partial charge < -0.3 is 9.15 Å². The van der Waals surface area contributed by atoms with Crippen LogP contribution in [-0.2, 0) is 16.1 Å². The van der Waals surface area contributed by atoms with Gasteiger partial charge in [-0.1, -0.05) is 24.3 Å². The van der Waals surface area contributed by atoms with E-state index in [1.165, 1.54) is 4.57 Å². The SMILES string of the molecule is Cc1ccc(C)c(OCC(=O)NNC(=O)CCn2c(=O)oc3ccccc32)c1. The van der Waals surface area contributed by atoms with Crippen molar-refractivity contribution in [1.82, 2.24) is 15.4 Å². The highest BCUT2D eigenvalue weighted by molar-refractivity contribution is 5.82. The summed E-state index contributed by atoms with van der Waals surface area (Å²) in [5.74, 6) is -0.829. The zero-order valence-electron chi connectivity index (χ0n) is 15.7. The molecule has 0 saturated heterocycles. The van der Waals surface area contributed by atoms with E-state index < -0.39 is 17.6 Å². The molecule has 2 aromatic carbocycles. The second kappa shape index (κ2) is 8.43. The second-order valence-electron chi connectivity index (χ2n) is 6.39. The summed E-state index contributed by atoms with van der Waals surface area (Å²) in [6.07, 6.45) is 0.00155. The standard InChI is InChI=1S/C20H21N3O5/c1-13-7-8-14(2)17(11-13)27-12-19(25)22-21-18(24)9-10-23-15-5-3-4-6-16(15)28-20(23)26/h3-8,11H,9-10,12H2,1-2H3,(H,21,24)(H,22,25). The van der Waals surface area contributed by atoms with E-state index in [0.29, 0.717) is 16.8 Å². The Kier molecular flexibility index (Phi) is 5.78. The largest absolute Gasteiger partial charge is 0.483 e. The molecule has 8 heteroatoms. The van der Waals surface area contributed by atoms with Crippen molar-refractivity contribution >= 4 is 22.9 Å². The van der Waals surface area contributed by atoms with Crippen LogP contribution in [0.4, 0.5) is 0 Å². The number of hydrogen-bond acceptors (Lipinski definition) is 5. The van der Waals surface area contributed by atoms with E-state index in [2.05, 4.69) is 10.9 Å². The van der Waals surface area contributed by atoms with Gasteiger partial charge in [0.2, 0.25) is 5.91 Å². The van der Waals surface area contributed by atoms with Gasteiger partial charge >= 0.3 is 5.76 Å². The monoisotopic (exact) mass is 383 g/mol. The molecule has 0 aliphatic carbocycles. The van der Waals surface area contributed by atoms with Gasteiger partial charge in [-0.2, -0.15) is 0 Å². The lowest BCUT2D eigenvalue weighted by atomic mass is 10.1. The van der Waals surface area contributed by atoms with Gasteiger partial charge in [0.1, 0.15) is 5.75 Å². The summed E-state index contributed by atoms with van der Waals surface area (Å²) in [5, 5.41) is 0. The predicted molar refractivity (Wildman–Crippen MR) is 103 cm³/mol. The van der Waals surface area contributed by atoms with Gasteiger partial charge in [-0.15, -0.1) is 0 Å². The van der Waals surface area contributed by atoms with E-state index in [-0.39, 0.29) is 19.6 Å². The van der Waals surface area contributed by atoms with Gasteiger partial charge in [0.15, 0.2) is 12.2 Å². The summed E-state index contributed by atoms with van der Waals surface area (Å²) in [6.45, 7) is 3.73. The number of para-hydroxylation sites is 2. The number of nitrogens with one attached hydrogen (secondary N) is 2. The molecule has 8 nitrogen and oxygen atoms in total. The molecular formula is C20H21N3O5. The summed E-state index contributed by atoms with van der Waals surface area (Å²) in [4.78, 5) is 35.7. The molecule has 0 saturated carbocycles. The van der Waals surface area contributed by atoms with Gasteiger partial charge in [0.05, 0.1) is 5.52 Å². The van der Waals surface area contributed by atoms with Crippen molar-refractivity contribution in [2.24, 2.45) is 0 Å². The quantitative estimate of drug-likeness (QED) is 0.632. The van der Waals surface area contributed by atoms with Crippen molar-refractivity contribution < 1.29 is 18.7 Å². The first kappa shape index (κ1) is 19.2. The van der Waals surface area contributed by atoms with Crippen LogP contribution in [0.1, 0.15) is 17.5 Å². The van der Waals surface area contributed by atoms with Gasteiger partial charge in [0.25, 0.3) is 5.91 Å². The molecule has 0 unspecified atom stereocenters. The van der Waals surface area contributed by atoms with Crippen LogP contribution in [0.2, 0.25) is 0 Å². The molecule has 0 atom stereocenters. The lowest BCUT2D eigenvalue weighted by Gasteiger charge is -2.11. The Morgan fingerprint density at radius 3 is 2.64 bits per heavy atom. The van der Waals surface area contributed by atoms with Crippen LogP contribution in [0.15, 0.2) is 51.7 Å². The third-order valence-corrected chi connectivity index (χ3v) is 4.18. The van der Waals surface area contributed by atoms with Crippen LogP contribution >= 0.6 is 0 Å². The molecule has 2 amide bonds. The first-order chi connectivity index (χ1) is 13.4. The highest BCUT2D eigenvalue weighted by Gasteiger charge is 2.11. The van der Waals surface area contributed by atoms with Crippen molar-refractivity contribution in [1.29, 1.82) is 0 Å². The summed E-state index contributed by atoms with van der Waals surface area (Å²) in [7, 11) is 0. The number of carbonyl (C=O) groups is 2. The van der Waals surface area contributed by atoms with Crippen LogP contribution in [0.25, 0.3) is 11.1 Å². The van der Waals surface area contributed by atoms with Crippen molar-refractivity contribution in [2.75, 3.05) is 6.61 Å². The minimum absolute atomic E-state index is 0.00155. The summed E-state index contributed by atoms with van der Waals surface area (Å²) in [5.41, 5.74) is 7.63. The van der Waals surface area contributed by atoms with E-state index in [4.69, 9.17) is 9.15 Å². The molecule has 0 fully saturated rings. The smallest absolute Gasteiger partial charge is 0.419 e. The Morgan fingerprint density at radius 2 is 1.82 bits per heavy atom. The maximum atomic E-state index is 12.0. The Hall–Kier alpha value is -3.55. The summed E-state index contributed by atoms with van der Waals surface area (Å²) >= 11 is 0. The summed E-state index contributed by atoms with van der Waals surface area (Å²) < 4.78 is 12.0. The van der Waals surface area contributed by atoms with Gasteiger partial charge in [-0.25, -0.2) is 4.79 Å².